The highest BCUT2D eigenvalue weighted by molar-refractivity contribution is 5.83. The molecule has 6 heteroatoms. The maximum atomic E-state index is 12.0. The van der Waals surface area contributed by atoms with E-state index in [9.17, 15) is 5.11 Å². The smallest absolute Gasteiger partial charge is 0.289 e. The van der Waals surface area contributed by atoms with Gasteiger partial charge in [-0.15, -0.1) is 0 Å². The molecule has 0 spiro atoms. The normalized spacial score (nSPS) is 10.9. The van der Waals surface area contributed by atoms with Gasteiger partial charge in [0.1, 0.15) is 11.2 Å². The van der Waals surface area contributed by atoms with Crippen LogP contribution in [-0.2, 0) is 0 Å². The van der Waals surface area contributed by atoms with Gasteiger partial charge in [0.05, 0.1) is 16.9 Å². The molecule has 104 valence electrons. The average Bonchev–Trinajstić information content (AvgIpc) is 2.97. The molecule has 4 rings (SSSR count). The molecule has 2 aromatic carbocycles. The SMILES string of the molecule is N#Cc1ccc(-c2nc3ccccc3[n+]3noc([O-])c23)cc1. The second kappa shape index (κ2) is 4.53. The molecule has 0 saturated carbocycles. The first kappa shape index (κ1) is 12.3. The molecule has 6 nitrogen and oxygen atoms in total. The number of benzene rings is 2. The van der Waals surface area contributed by atoms with E-state index in [1.165, 1.54) is 4.52 Å². The van der Waals surface area contributed by atoms with E-state index in [4.69, 9.17) is 9.78 Å². The Bertz CT molecular complexity index is 1050. The van der Waals surface area contributed by atoms with Crippen LogP contribution in [0, 0.1) is 11.3 Å². The van der Waals surface area contributed by atoms with Gasteiger partial charge in [-0.25, -0.2) is 4.98 Å². The highest BCUT2D eigenvalue weighted by atomic mass is 16.6. The number of nitriles is 1. The average molecular weight is 288 g/mol. The lowest BCUT2D eigenvalue weighted by molar-refractivity contribution is -0.568. The van der Waals surface area contributed by atoms with E-state index in [1.54, 1.807) is 24.3 Å². The molecule has 22 heavy (non-hydrogen) atoms. The van der Waals surface area contributed by atoms with Gasteiger partial charge in [0.25, 0.3) is 11.0 Å². The lowest BCUT2D eigenvalue weighted by atomic mass is 10.1. The molecular weight excluding hydrogens is 280 g/mol. The third-order valence-electron chi connectivity index (χ3n) is 3.46. The van der Waals surface area contributed by atoms with Gasteiger partial charge in [-0.2, -0.15) is 5.26 Å². The van der Waals surface area contributed by atoms with Gasteiger partial charge >= 0.3 is 0 Å². The Morgan fingerprint density at radius 1 is 1.09 bits per heavy atom. The third-order valence-corrected chi connectivity index (χ3v) is 3.46. The molecule has 0 aliphatic carbocycles. The first-order chi connectivity index (χ1) is 10.8. The van der Waals surface area contributed by atoms with Gasteiger partial charge in [0, 0.05) is 11.6 Å². The van der Waals surface area contributed by atoms with Crippen LogP contribution >= 0.6 is 0 Å². The van der Waals surface area contributed by atoms with E-state index in [0.717, 1.165) is 5.56 Å². The van der Waals surface area contributed by atoms with Crippen molar-refractivity contribution in [3.05, 3.63) is 54.1 Å². The van der Waals surface area contributed by atoms with Gasteiger partial charge in [-0.1, -0.05) is 24.3 Å². The molecule has 2 heterocycles. The zero-order valence-corrected chi connectivity index (χ0v) is 11.2. The Balaban J connectivity index is 2.10. The number of hydrogen-bond acceptors (Lipinski definition) is 5. The van der Waals surface area contributed by atoms with Crippen LogP contribution in [-0.4, -0.2) is 10.3 Å². The topological polar surface area (TPSA) is 89.9 Å². The largest absolute Gasteiger partial charge is 0.539 e. The monoisotopic (exact) mass is 288 g/mol. The first-order valence-corrected chi connectivity index (χ1v) is 6.56. The summed E-state index contributed by atoms with van der Waals surface area (Å²) in [6, 6.07) is 16.3. The van der Waals surface area contributed by atoms with E-state index in [1.807, 2.05) is 24.3 Å². The summed E-state index contributed by atoms with van der Waals surface area (Å²) in [7, 11) is 0. The van der Waals surface area contributed by atoms with Gasteiger partial charge in [-0.05, 0) is 22.7 Å². The fourth-order valence-corrected chi connectivity index (χ4v) is 2.42. The third kappa shape index (κ3) is 1.70. The number of nitrogens with zero attached hydrogens (tertiary/aromatic N) is 4. The van der Waals surface area contributed by atoms with Crippen molar-refractivity contribution in [2.24, 2.45) is 0 Å². The molecule has 0 aliphatic heterocycles. The molecule has 0 atom stereocenters. The van der Waals surface area contributed by atoms with Crippen molar-refractivity contribution in [1.29, 1.82) is 5.26 Å². The van der Waals surface area contributed by atoms with Crippen molar-refractivity contribution in [3.8, 4) is 23.3 Å². The molecule has 0 radical (unpaired) electrons. The number of rotatable bonds is 1. The van der Waals surface area contributed by atoms with Gasteiger partial charge < -0.3 is 9.63 Å². The molecule has 4 aromatic rings. The summed E-state index contributed by atoms with van der Waals surface area (Å²) < 4.78 is 6.25. The molecule has 0 bridgehead atoms. The zero-order chi connectivity index (χ0) is 15.1. The van der Waals surface area contributed by atoms with E-state index < -0.39 is 5.95 Å². The van der Waals surface area contributed by atoms with Crippen LogP contribution in [0.15, 0.2) is 53.1 Å². The summed E-state index contributed by atoms with van der Waals surface area (Å²) in [5, 5.41) is 24.7. The molecule has 0 fully saturated rings. The van der Waals surface area contributed by atoms with Crippen molar-refractivity contribution in [3.63, 3.8) is 0 Å². The van der Waals surface area contributed by atoms with Crippen LogP contribution in [0.5, 0.6) is 5.95 Å². The lowest BCUT2D eigenvalue weighted by Crippen LogP contribution is -2.25. The van der Waals surface area contributed by atoms with Gasteiger partial charge in [0.2, 0.25) is 0 Å². The molecule has 0 saturated heterocycles. The summed E-state index contributed by atoms with van der Waals surface area (Å²) >= 11 is 0. The minimum absolute atomic E-state index is 0.281. The summed E-state index contributed by atoms with van der Waals surface area (Å²) in [4.78, 5) is 4.56. The summed E-state index contributed by atoms with van der Waals surface area (Å²) in [5.74, 6) is -0.544. The maximum absolute atomic E-state index is 12.0. The highest BCUT2D eigenvalue weighted by Gasteiger charge is 2.21. The Morgan fingerprint density at radius 2 is 1.86 bits per heavy atom. The van der Waals surface area contributed by atoms with Crippen molar-refractivity contribution < 1.29 is 14.1 Å². The minimum atomic E-state index is -0.544. The quantitative estimate of drug-likeness (QED) is 0.496. The van der Waals surface area contributed by atoms with Crippen LogP contribution in [0.3, 0.4) is 0 Å². The Labute approximate surface area is 124 Å². The van der Waals surface area contributed by atoms with Crippen LogP contribution < -0.4 is 9.62 Å². The van der Waals surface area contributed by atoms with Gasteiger partial charge in [0.15, 0.2) is 5.95 Å². The zero-order valence-electron chi connectivity index (χ0n) is 11.2. The predicted molar refractivity (Wildman–Crippen MR) is 74.6 cm³/mol. The lowest BCUT2D eigenvalue weighted by Gasteiger charge is -2.02. The van der Waals surface area contributed by atoms with Crippen LogP contribution in [0.4, 0.5) is 0 Å². The summed E-state index contributed by atoms with van der Waals surface area (Å²) in [6.45, 7) is 0. The maximum Gasteiger partial charge on any atom is 0.289 e. The fourth-order valence-electron chi connectivity index (χ4n) is 2.42. The van der Waals surface area contributed by atoms with Crippen LogP contribution in [0.25, 0.3) is 27.8 Å². The Hall–Kier alpha value is -3.46. The predicted octanol–water partition coefficient (Wildman–Crippen LogP) is 1.57. The molecule has 0 amide bonds. The van der Waals surface area contributed by atoms with Crippen LogP contribution in [0.2, 0.25) is 0 Å². The standard InChI is InChI=1S/C16H8N4O2/c17-9-10-5-7-11(8-6-10)14-15-16(21)22-19-20(15)13-4-2-1-3-12(13)18-14/h1-8H. The van der Waals surface area contributed by atoms with E-state index in [2.05, 4.69) is 16.3 Å². The number of hydrogen-bond donors (Lipinski definition) is 0. The molecular formula is C16H8N4O2. The number of aromatic nitrogens is 3. The minimum Gasteiger partial charge on any atom is -0.539 e. The van der Waals surface area contributed by atoms with E-state index in [-0.39, 0.29) is 5.52 Å². The second-order valence-electron chi connectivity index (χ2n) is 4.76. The molecule has 0 unspecified atom stereocenters. The van der Waals surface area contributed by atoms with E-state index in [0.29, 0.717) is 22.3 Å². The second-order valence-corrected chi connectivity index (χ2v) is 4.76. The first-order valence-electron chi connectivity index (χ1n) is 6.56. The molecule has 0 N–H and O–H groups in total. The Morgan fingerprint density at radius 3 is 2.64 bits per heavy atom. The summed E-state index contributed by atoms with van der Waals surface area (Å²) in [5.41, 5.74) is 3.43. The number of fused-ring (bicyclic) bond motifs is 3. The highest BCUT2D eigenvalue weighted by Crippen LogP contribution is 2.27. The van der Waals surface area contributed by atoms with E-state index >= 15 is 0 Å². The van der Waals surface area contributed by atoms with Crippen molar-refractivity contribution in [1.82, 2.24) is 10.3 Å². The van der Waals surface area contributed by atoms with Crippen molar-refractivity contribution >= 4 is 16.6 Å². The van der Waals surface area contributed by atoms with Crippen LogP contribution in [0.1, 0.15) is 5.56 Å². The molecule has 2 aromatic heterocycles. The van der Waals surface area contributed by atoms with Crippen molar-refractivity contribution in [2.75, 3.05) is 0 Å². The van der Waals surface area contributed by atoms with Crippen molar-refractivity contribution in [2.45, 2.75) is 0 Å². The number of para-hydroxylation sites is 2. The fraction of sp³-hybridized carbons (Fsp3) is 0. The summed E-state index contributed by atoms with van der Waals surface area (Å²) in [6.07, 6.45) is 0. The Kier molecular flexibility index (Phi) is 2.53. The molecule has 0 aliphatic rings. The van der Waals surface area contributed by atoms with Gasteiger partial charge in [-0.3, -0.25) is 0 Å².